The van der Waals surface area contributed by atoms with Crippen LogP contribution in [0.4, 0.5) is 0 Å². The second-order valence-corrected chi connectivity index (χ2v) is 1.60. The van der Waals surface area contributed by atoms with Crippen LogP contribution in [0, 0.1) is 17.4 Å². The van der Waals surface area contributed by atoms with Crippen LogP contribution in [0.3, 0.4) is 0 Å². The lowest BCUT2D eigenvalue weighted by Crippen LogP contribution is -1.64. The fourth-order valence-electron chi connectivity index (χ4n) is 0.424. The summed E-state index contributed by atoms with van der Waals surface area (Å²) in [6.07, 6.45) is 7.58. The summed E-state index contributed by atoms with van der Waals surface area (Å²) in [6.45, 7) is 2.13. The molecule has 0 aliphatic rings. The van der Waals surface area contributed by atoms with Crippen molar-refractivity contribution in [3.63, 3.8) is 0 Å². The molecule has 0 aromatic carbocycles. The molecule has 8 heavy (non-hydrogen) atoms. The maximum Gasteiger partial charge on any atom is 0.100 e. The molecule has 0 saturated carbocycles. The van der Waals surface area contributed by atoms with Gasteiger partial charge in [-0.2, -0.15) is 5.26 Å². The second-order valence-electron chi connectivity index (χ2n) is 1.60. The van der Waals surface area contributed by atoms with E-state index in [2.05, 4.69) is 13.0 Å². The molecular formula is C7H10N. The van der Waals surface area contributed by atoms with Crippen molar-refractivity contribution >= 4 is 0 Å². The Labute approximate surface area is 50.6 Å². The highest BCUT2D eigenvalue weighted by Gasteiger charge is 1.75. The van der Waals surface area contributed by atoms with Crippen LogP contribution < -0.4 is 0 Å². The van der Waals surface area contributed by atoms with Crippen molar-refractivity contribution in [2.24, 2.45) is 0 Å². The third kappa shape index (κ3) is 5.23. The van der Waals surface area contributed by atoms with Crippen LogP contribution in [0.1, 0.15) is 26.2 Å². The van der Waals surface area contributed by atoms with E-state index in [1.165, 1.54) is 6.42 Å². The Bertz CT molecular complexity index is 97.4. The predicted octanol–water partition coefficient (Wildman–Crippen LogP) is 2.06. The van der Waals surface area contributed by atoms with E-state index in [9.17, 15) is 0 Å². The normalized spacial score (nSPS) is 9.50. The van der Waals surface area contributed by atoms with Crippen LogP contribution in [-0.4, -0.2) is 0 Å². The molecule has 0 unspecified atom stereocenters. The molecule has 0 spiro atoms. The minimum absolute atomic E-state index is 0.990. The van der Waals surface area contributed by atoms with Crippen molar-refractivity contribution in [2.45, 2.75) is 26.2 Å². The van der Waals surface area contributed by atoms with Crippen LogP contribution in [0.2, 0.25) is 0 Å². The van der Waals surface area contributed by atoms with Gasteiger partial charge in [-0.25, -0.2) is 0 Å². The van der Waals surface area contributed by atoms with Gasteiger partial charge in [-0.15, -0.1) is 0 Å². The lowest BCUT2D eigenvalue weighted by Gasteiger charge is -1.82. The smallest absolute Gasteiger partial charge is 0.100 e. The topological polar surface area (TPSA) is 23.8 Å². The first-order chi connectivity index (χ1) is 3.91. The van der Waals surface area contributed by atoms with Gasteiger partial charge in [0.05, 0.1) is 6.08 Å². The van der Waals surface area contributed by atoms with E-state index >= 15 is 0 Å². The van der Waals surface area contributed by atoms with Crippen LogP contribution >= 0.6 is 0 Å². The zero-order valence-corrected chi connectivity index (χ0v) is 5.15. The molecular weight excluding hydrogens is 98.1 g/mol. The summed E-state index contributed by atoms with van der Waals surface area (Å²) >= 11 is 0. The molecule has 1 heteroatoms. The summed E-state index contributed by atoms with van der Waals surface area (Å²) in [4.78, 5) is 0. The van der Waals surface area contributed by atoms with Gasteiger partial charge in [0.2, 0.25) is 0 Å². The lowest BCUT2D eigenvalue weighted by molar-refractivity contribution is 0.814. The van der Waals surface area contributed by atoms with E-state index in [0.717, 1.165) is 12.8 Å². The molecule has 0 aliphatic heterocycles. The van der Waals surface area contributed by atoms with Crippen LogP contribution in [-0.2, 0) is 0 Å². The minimum atomic E-state index is 0.990. The van der Waals surface area contributed by atoms with E-state index in [1.54, 1.807) is 6.08 Å². The van der Waals surface area contributed by atoms with Crippen molar-refractivity contribution in [2.75, 3.05) is 0 Å². The Morgan fingerprint density at radius 3 is 2.88 bits per heavy atom. The molecule has 0 bridgehead atoms. The molecule has 0 amide bonds. The van der Waals surface area contributed by atoms with Crippen molar-refractivity contribution in [3.05, 3.63) is 12.2 Å². The van der Waals surface area contributed by atoms with Crippen LogP contribution in [0.5, 0.6) is 0 Å². The molecule has 0 atom stereocenters. The van der Waals surface area contributed by atoms with Crippen molar-refractivity contribution in [3.8, 4) is 6.07 Å². The SMILES string of the molecule is CCCC/C=[C]\C#N. The van der Waals surface area contributed by atoms with Gasteiger partial charge in [-0.1, -0.05) is 25.8 Å². The number of hydrogen-bond acceptors (Lipinski definition) is 1. The number of nitrogens with zero attached hydrogens (tertiary/aromatic N) is 1. The molecule has 0 fully saturated rings. The number of hydrogen-bond donors (Lipinski definition) is 0. The van der Waals surface area contributed by atoms with Crippen molar-refractivity contribution in [1.82, 2.24) is 0 Å². The van der Waals surface area contributed by atoms with Gasteiger partial charge in [-0.05, 0) is 6.42 Å². The van der Waals surface area contributed by atoms with Crippen LogP contribution in [0.15, 0.2) is 6.08 Å². The van der Waals surface area contributed by atoms with Gasteiger partial charge in [0.25, 0.3) is 0 Å². The van der Waals surface area contributed by atoms with Gasteiger partial charge in [0.1, 0.15) is 6.07 Å². The predicted molar refractivity (Wildman–Crippen MR) is 33.0 cm³/mol. The number of allylic oxidation sites excluding steroid dienone is 2. The number of nitriles is 1. The van der Waals surface area contributed by atoms with E-state index in [-0.39, 0.29) is 0 Å². The van der Waals surface area contributed by atoms with Gasteiger partial charge >= 0.3 is 0 Å². The average Bonchev–Trinajstić information content (AvgIpc) is 1.81. The molecule has 0 aromatic rings. The highest BCUT2D eigenvalue weighted by molar-refractivity contribution is 4.91. The average molecular weight is 108 g/mol. The van der Waals surface area contributed by atoms with Crippen molar-refractivity contribution < 1.29 is 0 Å². The summed E-state index contributed by atoms with van der Waals surface area (Å²) in [7, 11) is 0. The highest BCUT2D eigenvalue weighted by atomic mass is 14.2. The van der Waals surface area contributed by atoms with E-state index in [4.69, 9.17) is 5.26 Å². The Hall–Kier alpha value is -0.770. The molecule has 0 rings (SSSR count). The zero-order valence-electron chi connectivity index (χ0n) is 5.15. The monoisotopic (exact) mass is 108 g/mol. The molecule has 0 N–H and O–H groups in total. The van der Waals surface area contributed by atoms with Gasteiger partial charge in [0, 0.05) is 0 Å². The molecule has 1 radical (unpaired) electrons. The number of unbranched alkanes of at least 4 members (excludes halogenated alkanes) is 2. The maximum absolute atomic E-state index is 7.97. The Morgan fingerprint density at radius 2 is 2.38 bits per heavy atom. The van der Waals surface area contributed by atoms with Gasteiger partial charge in [0.15, 0.2) is 0 Å². The summed E-state index contributed by atoms with van der Waals surface area (Å²) in [5, 5.41) is 7.97. The summed E-state index contributed by atoms with van der Waals surface area (Å²) in [5.74, 6) is 0. The zero-order chi connectivity index (χ0) is 6.24. The quantitative estimate of drug-likeness (QED) is 0.401. The molecule has 0 saturated heterocycles. The first kappa shape index (κ1) is 7.23. The minimum Gasteiger partial charge on any atom is -0.192 e. The molecule has 0 aliphatic carbocycles. The van der Waals surface area contributed by atoms with E-state index in [0.29, 0.717) is 0 Å². The first-order valence-corrected chi connectivity index (χ1v) is 2.88. The summed E-state index contributed by atoms with van der Waals surface area (Å²) in [5.41, 5.74) is 0. The molecule has 43 valence electrons. The maximum atomic E-state index is 7.97. The standard InChI is InChI=1S/C7H10N/c1-2-3-4-5-6-7-8/h5H,2-4H2,1H3. The second kappa shape index (κ2) is 6.23. The van der Waals surface area contributed by atoms with Gasteiger partial charge < -0.3 is 0 Å². The Balaban J connectivity index is 2.94. The van der Waals surface area contributed by atoms with E-state index in [1.807, 2.05) is 6.07 Å². The highest BCUT2D eigenvalue weighted by Crippen LogP contribution is 1.92. The van der Waals surface area contributed by atoms with Crippen molar-refractivity contribution in [1.29, 1.82) is 5.26 Å². The summed E-state index contributed by atoms with van der Waals surface area (Å²) in [6, 6.07) is 1.82. The molecule has 0 aromatic heterocycles. The Morgan fingerprint density at radius 1 is 1.62 bits per heavy atom. The van der Waals surface area contributed by atoms with Crippen LogP contribution in [0.25, 0.3) is 0 Å². The fourth-order valence-corrected chi connectivity index (χ4v) is 0.424. The largest absolute Gasteiger partial charge is 0.192 e. The van der Waals surface area contributed by atoms with Gasteiger partial charge in [-0.3, -0.25) is 0 Å². The third-order valence-electron chi connectivity index (χ3n) is 0.869. The fraction of sp³-hybridized carbons (Fsp3) is 0.571. The summed E-state index contributed by atoms with van der Waals surface area (Å²) < 4.78 is 0. The Kier molecular flexibility index (Phi) is 5.63. The third-order valence-corrected chi connectivity index (χ3v) is 0.869. The molecule has 1 nitrogen and oxygen atoms in total. The number of rotatable bonds is 3. The van der Waals surface area contributed by atoms with E-state index < -0.39 is 0 Å². The first-order valence-electron chi connectivity index (χ1n) is 2.88. The molecule has 0 heterocycles. The lowest BCUT2D eigenvalue weighted by atomic mass is 10.2.